The molecule has 1 saturated carbocycles. The highest BCUT2D eigenvalue weighted by Gasteiger charge is 2.34. The van der Waals surface area contributed by atoms with E-state index in [1.54, 1.807) is 0 Å². The van der Waals surface area contributed by atoms with Crippen LogP contribution in [0.3, 0.4) is 0 Å². The fourth-order valence-electron chi connectivity index (χ4n) is 3.68. The van der Waals surface area contributed by atoms with Crippen LogP contribution in [0.5, 0.6) is 0 Å². The number of nitrogens with one attached hydrogen (secondary N) is 1. The van der Waals surface area contributed by atoms with Gasteiger partial charge in [-0.3, -0.25) is 4.90 Å². The van der Waals surface area contributed by atoms with E-state index in [0.717, 1.165) is 23.9 Å². The van der Waals surface area contributed by atoms with Crippen molar-refractivity contribution in [2.45, 2.75) is 58.5 Å². The van der Waals surface area contributed by atoms with Crippen LogP contribution in [0.25, 0.3) is 0 Å². The van der Waals surface area contributed by atoms with Crippen molar-refractivity contribution in [3.05, 3.63) is 0 Å². The lowest BCUT2D eigenvalue weighted by atomic mass is 9.76. The first-order valence-corrected chi connectivity index (χ1v) is 7.16. The molecule has 3 unspecified atom stereocenters. The van der Waals surface area contributed by atoms with Gasteiger partial charge in [0.25, 0.3) is 0 Å². The van der Waals surface area contributed by atoms with Crippen molar-refractivity contribution in [2.24, 2.45) is 11.8 Å². The van der Waals surface area contributed by atoms with Crippen molar-refractivity contribution in [1.82, 2.24) is 10.2 Å². The summed E-state index contributed by atoms with van der Waals surface area (Å²) in [5.74, 6) is 1.79. The normalized spacial score (nSPS) is 37.9. The third-order valence-electron chi connectivity index (χ3n) is 4.62. The zero-order chi connectivity index (χ0) is 11.5. The molecule has 2 aliphatic rings. The van der Waals surface area contributed by atoms with E-state index in [2.05, 4.69) is 31.0 Å². The van der Waals surface area contributed by atoms with Crippen LogP contribution in [0.2, 0.25) is 0 Å². The molecule has 0 aromatic carbocycles. The maximum atomic E-state index is 3.51. The van der Waals surface area contributed by atoms with Gasteiger partial charge in [0.2, 0.25) is 0 Å². The van der Waals surface area contributed by atoms with Crippen LogP contribution in [0.1, 0.15) is 46.5 Å². The minimum Gasteiger partial charge on any atom is -0.314 e. The molecule has 1 N–H and O–H groups in total. The average molecular weight is 224 g/mol. The smallest absolute Gasteiger partial charge is 0.0195 e. The van der Waals surface area contributed by atoms with Crippen molar-refractivity contribution in [1.29, 1.82) is 0 Å². The summed E-state index contributed by atoms with van der Waals surface area (Å²) in [7, 11) is 0. The summed E-state index contributed by atoms with van der Waals surface area (Å²) >= 11 is 0. The Bertz CT molecular complexity index is 215. The highest BCUT2D eigenvalue weighted by atomic mass is 15.2. The van der Waals surface area contributed by atoms with Crippen LogP contribution >= 0.6 is 0 Å². The lowest BCUT2D eigenvalue weighted by Gasteiger charge is -2.46. The van der Waals surface area contributed by atoms with Gasteiger partial charge < -0.3 is 5.32 Å². The monoisotopic (exact) mass is 224 g/mol. The number of piperazine rings is 1. The van der Waals surface area contributed by atoms with E-state index in [-0.39, 0.29) is 0 Å². The molecule has 0 bridgehead atoms. The van der Waals surface area contributed by atoms with Gasteiger partial charge in [0.1, 0.15) is 0 Å². The van der Waals surface area contributed by atoms with Crippen molar-refractivity contribution in [3.8, 4) is 0 Å². The molecule has 0 radical (unpaired) electrons. The molecule has 1 heterocycles. The van der Waals surface area contributed by atoms with Crippen molar-refractivity contribution >= 4 is 0 Å². The molecule has 0 aromatic heterocycles. The average Bonchev–Trinajstić information content (AvgIpc) is 2.29. The summed E-state index contributed by atoms with van der Waals surface area (Å²) < 4.78 is 0. The summed E-state index contributed by atoms with van der Waals surface area (Å²) in [5.41, 5.74) is 0. The van der Waals surface area contributed by atoms with E-state index in [4.69, 9.17) is 0 Å². The van der Waals surface area contributed by atoms with Crippen molar-refractivity contribution < 1.29 is 0 Å². The molecule has 16 heavy (non-hydrogen) atoms. The van der Waals surface area contributed by atoms with Gasteiger partial charge >= 0.3 is 0 Å². The molecule has 1 aliphatic heterocycles. The topological polar surface area (TPSA) is 15.3 Å². The Morgan fingerprint density at radius 1 is 1.19 bits per heavy atom. The maximum absolute atomic E-state index is 3.51. The molecule has 94 valence electrons. The number of nitrogens with zero attached hydrogens (tertiary/aromatic N) is 1. The number of hydrogen-bond donors (Lipinski definition) is 1. The fraction of sp³-hybridized carbons (Fsp3) is 1.00. The van der Waals surface area contributed by atoms with Gasteiger partial charge in [-0.2, -0.15) is 0 Å². The van der Waals surface area contributed by atoms with E-state index in [9.17, 15) is 0 Å². The van der Waals surface area contributed by atoms with Crippen LogP contribution in [-0.2, 0) is 0 Å². The third-order valence-corrected chi connectivity index (χ3v) is 4.62. The quantitative estimate of drug-likeness (QED) is 0.775. The van der Waals surface area contributed by atoms with Crippen LogP contribution < -0.4 is 5.32 Å². The van der Waals surface area contributed by atoms with Crippen molar-refractivity contribution in [2.75, 3.05) is 19.6 Å². The highest BCUT2D eigenvalue weighted by molar-refractivity contribution is 4.89. The van der Waals surface area contributed by atoms with Gasteiger partial charge in [0.15, 0.2) is 0 Å². The Balaban J connectivity index is 2.03. The molecule has 1 saturated heterocycles. The second-order valence-corrected chi connectivity index (χ2v) is 6.05. The first-order valence-electron chi connectivity index (χ1n) is 7.16. The number of hydrogen-bond acceptors (Lipinski definition) is 2. The SMILES string of the molecule is CC(C)C1CCCCC1N1CCNCC1C. The minimum atomic E-state index is 0.734. The predicted molar refractivity (Wildman–Crippen MR) is 69.6 cm³/mol. The van der Waals surface area contributed by atoms with Gasteiger partial charge in [-0.1, -0.05) is 26.7 Å². The molecular weight excluding hydrogens is 196 g/mol. The minimum absolute atomic E-state index is 0.734. The molecule has 2 rings (SSSR count). The molecule has 0 amide bonds. The van der Waals surface area contributed by atoms with Crippen LogP contribution in [-0.4, -0.2) is 36.6 Å². The summed E-state index contributed by atoms with van der Waals surface area (Å²) in [6.45, 7) is 10.8. The summed E-state index contributed by atoms with van der Waals surface area (Å²) in [6, 6.07) is 1.60. The van der Waals surface area contributed by atoms with Crippen LogP contribution in [0, 0.1) is 11.8 Å². The second kappa shape index (κ2) is 5.50. The largest absolute Gasteiger partial charge is 0.314 e. The molecule has 2 nitrogen and oxygen atoms in total. The van der Waals surface area contributed by atoms with E-state index in [1.807, 2.05) is 0 Å². The van der Waals surface area contributed by atoms with Gasteiger partial charge in [-0.15, -0.1) is 0 Å². The van der Waals surface area contributed by atoms with Crippen LogP contribution in [0.15, 0.2) is 0 Å². The van der Waals surface area contributed by atoms with Crippen molar-refractivity contribution in [3.63, 3.8) is 0 Å². The Labute approximate surface area is 101 Å². The first-order chi connectivity index (χ1) is 7.70. The predicted octanol–water partition coefficient (Wildman–Crippen LogP) is 2.49. The summed E-state index contributed by atoms with van der Waals surface area (Å²) in [6.07, 6.45) is 5.80. The zero-order valence-electron chi connectivity index (χ0n) is 11.2. The molecule has 1 aliphatic carbocycles. The van der Waals surface area contributed by atoms with Gasteiger partial charge in [0, 0.05) is 31.7 Å². The lowest BCUT2D eigenvalue weighted by molar-refractivity contribution is 0.0365. The second-order valence-electron chi connectivity index (χ2n) is 6.05. The highest BCUT2D eigenvalue weighted by Crippen LogP contribution is 2.34. The molecule has 2 fully saturated rings. The fourth-order valence-corrected chi connectivity index (χ4v) is 3.68. The molecule has 0 spiro atoms. The Morgan fingerprint density at radius 3 is 2.62 bits per heavy atom. The summed E-state index contributed by atoms with van der Waals surface area (Å²) in [5, 5.41) is 3.51. The molecular formula is C14H28N2. The Hall–Kier alpha value is -0.0800. The summed E-state index contributed by atoms with van der Waals surface area (Å²) in [4.78, 5) is 2.79. The first kappa shape index (κ1) is 12.4. The molecule has 2 heteroatoms. The Kier molecular flexibility index (Phi) is 4.26. The van der Waals surface area contributed by atoms with E-state index >= 15 is 0 Å². The van der Waals surface area contributed by atoms with Gasteiger partial charge in [-0.25, -0.2) is 0 Å². The zero-order valence-corrected chi connectivity index (χ0v) is 11.2. The van der Waals surface area contributed by atoms with Gasteiger partial charge in [0.05, 0.1) is 0 Å². The van der Waals surface area contributed by atoms with E-state index in [1.165, 1.54) is 45.3 Å². The third kappa shape index (κ3) is 2.60. The van der Waals surface area contributed by atoms with E-state index in [0.29, 0.717) is 0 Å². The molecule has 0 aromatic rings. The maximum Gasteiger partial charge on any atom is 0.0195 e. The Morgan fingerprint density at radius 2 is 1.94 bits per heavy atom. The van der Waals surface area contributed by atoms with Crippen LogP contribution in [0.4, 0.5) is 0 Å². The lowest BCUT2D eigenvalue weighted by Crippen LogP contribution is -2.57. The van der Waals surface area contributed by atoms with Gasteiger partial charge in [-0.05, 0) is 31.6 Å². The van der Waals surface area contributed by atoms with E-state index < -0.39 is 0 Å². The molecule has 3 atom stereocenters. The number of rotatable bonds is 2. The standard InChI is InChI=1S/C14H28N2/c1-11(2)13-6-4-5-7-14(13)16-9-8-15-10-12(16)3/h11-15H,4-10H2,1-3H3.